The van der Waals surface area contributed by atoms with Gasteiger partial charge in [0.1, 0.15) is 5.82 Å². The Morgan fingerprint density at radius 2 is 1.94 bits per heavy atom. The van der Waals surface area contributed by atoms with E-state index in [4.69, 9.17) is 0 Å². The van der Waals surface area contributed by atoms with E-state index in [-0.39, 0.29) is 12.0 Å². The average molecular weight is 243 g/mol. The van der Waals surface area contributed by atoms with Gasteiger partial charge in [-0.25, -0.2) is 4.39 Å². The number of hydrogen-bond acceptors (Lipinski definition) is 1. The van der Waals surface area contributed by atoms with Crippen molar-refractivity contribution in [1.29, 1.82) is 0 Å². The smallest absolute Gasteiger partial charge is 0.256 e. The Morgan fingerprint density at radius 1 is 1.18 bits per heavy atom. The highest BCUT2D eigenvalue weighted by atomic mass is 19.4. The molecule has 17 heavy (non-hydrogen) atoms. The van der Waals surface area contributed by atoms with Gasteiger partial charge in [-0.2, -0.15) is 13.2 Å². The second-order valence-corrected chi connectivity index (χ2v) is 3.75. The van der Waals surface area contributed by atoms with Crippen LogP contribution in [0, 0.1) is 5.82 Å². The van der Waals surface area contributed by atoms with Crippen molar-refractivity contribution in [2.24, 2.45) is 0 Å². The van der Waals surface area contributed by atoms with Crippen LogP contribution in [0.4, 0.5) is 17.6 Å². The number of hydrogen-bond donors (Lipinski definition) is 0. The van der Waals surface area contributed by atoms with Gasteiger partial charge in [0.2, 0.25) is 0 Å². The Hall–Kier alpha value is -1.65. The lowest BCUT2D eigenvalue weighted by molar-refractivity contribution is -0.134. The zero-order valence-corrected chi connectivity index (χ0v) is 8.76. The zero-order chi connectivity index (χ0) is 12.5. The van der Waals surface area contributed by atoms with E-state index in [9.17, 15) is 17.6 Å². The highest BCUT2D eigenvalue weighted by Gasteiger charge is 2.27. The fraction of sp³-hybridized carbons (Fsp3) is 0.250. The minimum absolute atomic E-state index is 0.0721. The molecule has 0 saturated heterocycles. The maximum atomic E-state index is 13.5. The van der Waals surface area contributed by atoms with Gasteiger partial charge >= 0.3 is 6.18 Å². The predicted octanol–water partition coefficient (Wildman–Crippen LogP) is 3.87. The maximum Gasteiger partial charge on any atom is 0.389 e. The fourth-order valence-electron chi connectivity index (χ4n) is 1.61. The molecule has 0 aliphatic heterocycles. The van der Waals surface area contributed by atoms with Crippen molar-refractivity contribution in [3.63, 3.8) is 0 Å². The number of aryl methyl sites for hydroxylation is 1. The third kappa shape index (κ3) is 2.93. The number of benzene rings is 1. The Balaban J connectivity index is 2.31. The summed E-state index contributed by atoms with van der Waals surface area (Å²) >= 11 is 0. The molecule has 0 aliphatic carbocycles. The van der Waals surface area contributed by atoms with Gasteiger partial charge in [-0.05, 0) is 24.1 Å². The molecule has 0 amide bonds. The third-order valence-corrected chi connectivity index (χ3v) is 2.45. The SMILES string of the molecule is Fc1cc2ncccc2cc1CCC(F)(F)F. The number of nitrogens with zero attached hydrogens (tertiary/aromatic N) is 1. The number of halogens is 4. The lowest BCUT2D eigenvalue weighted by atomic mass is 10.1. The lowest BCUT2D eigenvalue weighted by Gasteiger charge is -2.08. The van der Waals surface area contributed by atoms with Gasteiger partial charge in [0.25, 0.3) is 0 Å². The highest BCUT2D eigenvalue weighted by molar-refractivity contribution is 5.79. The predicted molar refractivity (Wildman–Crippen MR) is 56.1 cm³/mol. The van der Waals surface area contributed by atoms with E-state index >= 15 is 0 Å². The van der Waals surface area contributed by atoms with Crippen molar-refractivity contribution in [2.45, 2.75) is 19.0 Å². The monoisotopic (exact) mass is 243 g/mol. The van der Waals surface area contributed by atoms with E-state index in [2.05, 4.69) is 4.98 Å². The number of pyridine rings is 1. The third-order valence-electron chi connectivity index (χ3n) is 2.45. The molecule has 0 N–H and O–H groups in total. The largest absolute Gasteiger partial charge is 0.389 e. The van der Waals surface area contributed by atoms with Crippen LogP contribution in [0.25, 0.3) is 10.9 Å². The molecule has 1 aromatic carbocycles. The van der Waals surface area contributed by atoms with E-state index in [1.165, 1.54) is 18.3 Å². The normalized spacial score (nSPS) is 12.0. The molecule has 0 bridgehead atoms. The van der Waals surface area contributed by atoms with Crippen molar-refractivity contribution < 1.29 is 17.6 Å². The van der Waals surface area contributed by atoms with Crippen LogP contribution in [0.15, 0.2) is 30.5 Å². The summed E-state index contributed by atoms with van der Waals surface area (Å²) in [7, 11) is 0. The van der Waals surface area contributed by atoms with E-state index < -0.39 is 18.4 Å². The summed E-state index contributed by atoms with van der Waals surface area (Å²) < 4.78 is 49.6. The minimum atomic E-state index is -4.27. The van der Waals surface area contributed by atoms with Crippen molar-refractivity contribution in [2.75, 3.05) is 0 Å². The summed E-state index contributed by atoms with van der Waals surface area (Å²) in [6.07, 6.45) is -4.12. The van der Waals surface area contributed by atoms with Gasteiger partial charge in [0.05, 0.1) is 5.52 Å². The topological polar surface area (TPSA) is 12.9 Å². The molecule has 0 atom stereocenters. The van der Waals surface area contributed by atoms with Crippen LogP contribution in [0.2, 0.25) is 0 Å². The summed E-state index contributed by atoms with van der Waals surface area (Å²) in [5, 5.41) is 0.645. The van der Waals surface area contributed by atoms with E-state index in [1.807, 2.05) is 0 Å². The molecule has 0 fully saturated rings. The molecule has 90 valence electrons. The van der Waals surface area contributed by atoms with E-state index in [0.717, 1.165) is 0 Å². The number of alkyl halides is 3. The highest BCUT2D eigenvalue weighted by Crippen LogP contribution is 2.25. The maximum absolute atomic E-state index is 13.5. The summed E-state index contributed by atoms with van der Waals surface area (Å²) in [5.74, 6) is -0.638. The zero-order valence-electron chi connectivity index (χ0n) is 8.76. The van der Waals surface area contributed by atoms with Crippen molar-refractivity contribution in [3.05, 3.63) is 41.8 Å². The van der Waals surface area contributed by atoms with Gasteiger partial charge in [-0.15, -0.1) is 0 Å². The fourth-order valence-corrected chi connectivity index (χ4v) is 1.61. The van der Waals surface area contributed by atoms with Crippen molar-refractivity contribution in [1.82, 2.24) is 4.98 Å². The quantitative estimate of drug-likeness (QED) is 0.729. The molecule has 0 unspecified atom stereocenters. The molecule has 1 nitrogen and oxygen atoms in total. The van der Waals surface area contributed by atoms with Crippen LogP contribution < -0.4 is 0 Å². The first kappa shape index (κ1) is 11.8. The van der Waals surface area contributed by atoms with E-state index in [0.29, 0.717) is 10.9 Å². The number of rotatable bonds is 2. The Kier molecular flexibility index (Phi) is 3.00. The first-order valence-corrected chi connectivity index (χ1v) is 5.05. The second kappa shape index (κ2) is 4.31. The van der Waals surface area contributed by atoms with Crippen LogP contribution in [0.5, 0.6) is 0 Å². The van der Waals surface area contributed by atoms with Gasteiger partial charge in [0.15, 0.2) is 0 Å². The van der Waals surface area contributed by atoms with Crippen molar-refractivity contribution in [3.8, 4) is 0 Å². The van der Waals surface area contributed by atoms with Crippen LogP contribution in [0.3, 0.4) is 0 Å². The van der Waals surface area contributed by atoms with Gasteiger partial charge in [0, 0.05) is 24.1 Å². The minimum Gasteiger partial charge on any atom is -0.256 e. The van der Waals surface area contributed by atoms with E-state index in [1.54, 1.807) is 12.1 Å². The Morgan fingerprint density at radius 3 is 2.65 bits per heavy atom. The Labute approximate surface area is 95.1 Å². The van der Waals surface area contributed by atoms with Crippen molar-refractivity contribution >= 4 is 10.9 Å². The van der Waals surface area contributed by atoms with Crippen LogP contribution >= 0.6 is 0 Å². The summed E-state index contributed by atoms with van der Waals surface area (Å²) in [5.41, 5.74) is 0.517. The van der Waals surface area contributed by atoms with Crippen LogP contribution in [-0.4, -0.2) is 11.2 Å². The molecule has 1 aromatic heterocycles. The molecular formula is C12H9F4N. The molecule has 0 radical (unpaired) electrons. The van der Waals surface area contributed by atoms with Gasteiger partial charge in [-0.1, -0.05) is 6.07 Å². The Bertz CT molecular complexity index is 534. The standard InChI is InChI=1S/C12H9F4N/c13-10-7-11-9(2-1-5-17-11)6-8(10)3-4-12(14,15)16/h1-2,5-7H,3-4H2. The second-order valence-electron chi connectivity index (χ2n) is 3.75. The molecule has 2 aromatic rings. The average Bonchev–Trinajstić information content (AvgIpc) is 2.25. The molecule has 2 rings (SSSR count). The molecular weight excluding hydrogens is 234 g/mol. The van der Waals surface area contributed by atoms with Crippen LogP contribution in [0.1, 0.15) is 12.0 Å². The number of fused-ring (bicyclic) bond motifs is 1. The summed E-state index contributed by atoms with van der Waals surface area (Å²) in [6, 6.07) is 5.94. The van der Waals surface area contributed by atoms with Gasteiger partial charge < -0.3 is 0 Å². The summed E-state index contributed by atoms with van der Waals surface area (Å²) in [4.78, 5) is 3.93. The molecule has 1 heterocycles. The first-order valence-electron chi connectivity index (χ1n) is 5.05. The lowest BCUT2D eigenvalue weighted by Crippen LogP contribution is -2.09. The molecule has 0 saturated carbocycles. The first-order chi connectivity index (χ1) is 7.96. The number of aromatic nitrogens is 1. The molecule has 0 aliphatic rings. The summed E-state index contributed by atoms with van der Waals surface area (Å²) in [6.45, 7) is 0. The van der Waals surface area contributed by atoms with Crippen LogP contribution in [-0.2, 0) is 6.42 Å². The molecule has 5 heteroatoms. The molecule has 0 spiro atoms. The van der Waals surface area contributed by atoms with Gasteiger partial charge in [-0.3, -0.25) is 4.98 Å².